The van der Waals surface area contributed by atoms with Gasteiger partial charge in [-0.3, -0.25) is 0 Å². The van der Waals surface area contributed by atoms with E-state index in [1.165, 1.54) is 12.8 Å². The minimum absolute atomic E-state index is 0.541. The van der Waals surface area contributed by atoms with Crippen molar-refractivity contribution in [2.45, 2.75) is 25.2 Å². The van der Waals surface area contributed by atoms with Gasteiger partial charge in [-0.25, -0.2) is 9.97 Å². The van der Waals surface area contributed by atoms with E-state index in [0.29, 0.717) is 5.92 Å². The summed E-state index contributed by atoms with van der Waals surface area (Å²) in [6.45, 7) is 1.65. The number of aromatic nitrogens is 2. The Labute approximate surface area is 132 Å². The van der Waals surface area contributed by atoms with Gasteiger partial charge in [-0.2, -0.15) is 0 Å². The molecule has 0 unspecified atom stereocenters. The maximum absolute atomic E-state index is 5.82. The van der Waals surface area contributed by atoms with Gasteiger partial charge in [0.05, 0.1) is 12.3 Å². The van der Waals surface area contributed by atoms with Crippen LogP contribution in [-0.4, -0.2) is 23.1 Å². The Morgan fingerprint density at radius 1 is 1.19 bits per heavy atom. The maximum Gasteiger partial charge on any atom is 0.142 e. The van der Waals surface area contributed by atoms with E-state index in [1.807, 2.05) is 24.3 Å². The number of para-hydroxylation sites is 2. The fraction of sp³-hybridized carbons (Fsp3) is 0.375. The summed E-state index contributed by atoms with van der Waals surface area (Å²) in [5, 5.41) is 0. The second kappa shape index (κ2) is 5.30. The number of hydrogen-bond donors (Lipinski definition) is 0. The number of rotatable bonds is 2. The number of halogens is 1. The van der Waals surface area contributed by atoms with Crippen molar-refractivity contribution in [1.82, 2.24) is 9.97 Å². The fourth-order valence-electron chi connectivity index (χ4n) is 2.65. The molecule has 2 aliphatic rings. The van der Waals surface area contributed by atoms with Crippen LogP contribution in [0.15, 0.2) is 34.9 Å². The molecule has 1 aliphatic carbocycles. The molecule has 0 spiro atoms. The van der Waals surface area contributed by atoms with Crippen LogP contribution in [0.25, 0.3) is 0 Å². The molecule has 2 aromatic rings. The molecule has 1 aliphatic heterocycles. The Balaban J connectivity index is 1.78. The Bertz CT molecular complexity index is 672. The minimum Gasteiger partial charge on any atom is -0.491 e. The highest BCUT2D eigenvalue weighted by Crippen LogP contribution is 2.41. The quantitative estimate of drug-likeness (QED) is 0.770. The summed E-state index contributed by atoms with van der Waals surface area (Å²) in [6.07, 6.45) is 3.39. The van der Waals surface area contributed by atoms with E-state index in [0.717, 1.165) is 47.3 Å². The average molecular weight is 346 g/mol. The van der Waals surface area contributed by atoms with Gasteiger partial charge in [0.1, 0.15) is 22.0 Å². The van der Waals surface area contributed by atoms with Crippen molar-refractivity contribution in [2.75, 3.05) is 18.1 Å². The third kappa shape index (κ3) is 2.62. The normalized spacial score (nSPS) is 17.9. The first-order valence-corrected chi connectivity index (χ1v) is 8.14. The molecule has 0 amide bonds. The summed E-state index contributed by atoms with van der Waals surface area (Å²) in [7, 11) is 0. The molecule has 4 nitrogen and oxygen atoms in total. The predicted molar refractivity (Wildman–Crippen MR) is 85.3 cm³/mol. The zero-order chi connectivity index (χ0) is 14.2. The third-order valence-electron chi connectivity index (χ3n) is 3.86. The van der Waals surface area contributed by atoms with E-state index in [1.54, 1.807) is 0 Å². The molecule has 1 fully saturated rings. The lowest BCUT2D eigenvalue weighted by molar-refractivity contribution is 0.322. The van der Waals surface area contributed by atoms with Crippen molar-refractivity contribution in [1.29, 1.82) is 0 Å². The number of ether oxygens (including phenoxy) is 1. The van der Waals surface area contributed by atoms with E-state index in [9.17, 15) is 0 Å². The zero-order valence-corrected chi connectivity index (χ0v) is 13.2. The van der Waals surface area contributed by atoms with Gasteiger partial charge in [0, 0.05) is 18.5 Å². The lowest BCUT2D eigenvalue weighted by Crippen LogP contribution is -2.19. The minimum atomic E-state index is 0.541. The van der Waals surface area contributed by atoms with Crippen molar-refractivity contribution >= 4 is 27.4 Å². The Kier molecular flexibility index (Phi) is 3.30. The van der Waals surface area contributed by atoms with E-state index in [-0.39, 0.29) is 0 Å². The van der Waals surface area contributed by atoms with Crippen LogP contribution in [0.2, 0.25) is 0 Å². The van der Waals surface area contributed by atoms with Crippen molar-refractivity contribution in [2.24, 2.45) is 0 Å². The zero-order valence-electron chi connectivity index (χ0n) is 11.6. The van der Waals surface area contributed by atoms with Crippen LogP contribution < -0.4 is 9.64 Å². The van der Waals surface area contributed by atoms with Gasteiger partial charge in [0.2, 0.25) is 0 Å². The van der Waals surface area contributed by atoms with Crippen molar-refractivity contribution < 1.29 is 4.74 Å². The first-order chi connectivity index (χ1) is 10.3. The molecule has 0 atom stereocenters. The standard InChI is InChI=1S/C16H16BrN3O/c17-14-10-15(19-16(18-14)11-6-7-11)20-8-3-9-21-13-5-2-1-4-12(13)20/h1-2,4-5,10-11H,3,6-9H2. The summed E-state index contributed by atoms with van der Waals surface area (Å²) in [5.41, 5.74) is 1.09. The third-order valence-corrected chi connectivity index (χ3v) is 4.26. The van der Waals surface area contributed by atoms with E-state index in [4.69, 9.17) is 9.72 Å². The lowest BCUT2D eigenvalue weighted by atomic mass is 10.2. The highest BCUT2D eigenvalue weighted by atomic mass is 79.9. The predicted octanol–water partition coefficient (Wildman–Crippen LogP) is 4.04. The van der Waals surface area contributed by atoms with Gasteiger partial charge in [0.15, 0.2) is 0 Å². The number of benzene rings is 1. The smallest absolute Gasteiger partial charge is 0.142 e. The SMILES string of the molecule is Brc1cc(N2CCCOc3ccccc32)nc(C2CC2)n1. The number of hydrogen-bond acceptors (Lipinski definition) is 4. The monoisotopic (exact) mass is 345 g/mol. The van der Waals surface area contributed by atoms with Crippen LogP contribution in [0.3, 0.4) is 0 Å². The first-order valence-electron chi connectivity index (χ1n) is 7.35. The molecule has 1 aromatic carbocycles. The van der Waals surface area contributed by atoms with Crippen LogP contribution >= 0.6 is 15.9 Å². The summed E-state index contributed by atoms with van der Waals surface area (Å²) < 4.78 is 6.68. The number of nitrogens with zero attached hydrogens (tertiary/aromatic N) is 3. The van der Waals surface area contributed by atoms with Gasteiger partial charge < -0.3 is 9.64 Å². The summed E-state index contributed by atoms with van der Waals surface area (Å²) in [6, 6.07) is 10.2. The average Bonchev–Trinajstić information content (AvgIpc) is 3.33. The summed E-state index contributed by atoms with van der Waals surface area (Å²) in [5.74, 6) is 3.39. The molecule has 5 heteroatoms. The summed E-state index contributed by atoms with van der Waals surface area (Å²) >= 11 is 3.53. The van der Waals surface area contributed by atoms with Crippen molar-refractivity contribution in [3.63, 3.8) is 0 Å². The fourth-order valence-corrected chi connectivity index (χ4v) is 3.04. The molecular formula is C16H16BrN3O. The topological polar surface area (TPSA) is 38.2 Å². The molecule has 21 heavy (non-hydrogen) atoms. The van der Waals surface area contributed by atoms with Crippen LogP contribution in [0.4, 0.5) is 11.5 Å². The van der Waals surface area contributed by atoms with Crippen LogP contribution in [0.1, 0.15) is 31.0 Å². The van der Waals surface area contributed by atoms with Gasteiger partial charge in [-0.1, -0.05) is 12.1 Å². The van der Waals surface area contributed by atoms with E-state index < -0.39 is 0 Å². The van der Waals surface area contributed by atoms with Crippen LogP contribution in [0.5, 0.6) is 5.75 Å². The molecule has 0 bridgehead atoms. The second-order valence-corrected chi connectivity index (χ2v) is 6.32. The molecule has 4 rings (SSSR count). The first kappa shape index (κ1) is 13.1. The lowest BCUT2D eigenvalue weighted by Gasteiger charge is -2.23. The Morgan fingerprint density at radius 3 is 2.90 bits per heavy atom. The molecule has 0 radical (unpaired) electrons. The Hall–Kier alpha value is -1.62. The summed E-state index contributed by atoms with van der Waals surface area (Å²) in [4.78, 5) is 11.5. The largest absolute Gasteiger partial charge is 0.491 e. The maximum atomic E-state index is 5.82. The molecule has 1 aromatic heterocycles. The Morgan fingerprint density at radius 2 is 2.05 bits per heavy atom. The number of fused-ring (bicyclic) bond motifs is 1. The van der Waals surface area contributed by atoms with Crippen molar-refractivity contribution in [3.05, 3.63) is 40.8 Å². The van der Waals surface area contributed by atoms with Crippen LogP contribution in [0, 0.1) is 0 Å². The molecule has 1 saturated carbocycles. The molecule has 0 saturated heterocycles. The highest BCUT2D eigenvalue weighted by Gasteiger charge is 2.28. The van der Waals surface area contributed by atoms with Gasteiger partial charge >= 0.3 is 0 Å². The molecule has 108 valence electrons. The molecule has 2 heterocycles. The number of anilines is 2. The van der Waals surface area contributed by atoms with Crippen LogP contribution in [-0.2, 0) is 0 Å². The molecular weight excluding hydrogens is 330 g/mol. The second-order valence-electron chi connectivity index (χ2n) is 5.50. The van der Waals surface area contributed by atoms with Gasteiger partial charge in [-0.05, 0) is 47.3 Å². The highest BCUT2D eigenvalue weighted by molar-refractivity contribution is 9.10. The van der Waals surface area contributed by atoms with Gasteiger partial charge in [-0.15, -0.1) is 0 Å². The molecule has 0 N–H and O–H groups in total. The van der Waals surface area contributed by atoms with Crippen molar-refractivity contribution in [3.8, 4) is 5.75 Å². The van der Waals surface area contributed by atoms with E-state index in [2.05, 4.69) is 31.9 Å². The van der Waals surface area contributed by atoms with Gasteiger partial charge in [0.25, 0.3) is 0 Å². The van der Waals surface area contributed by atoms with E-state index >= 15 is 0 Å².